The molecule has 0 saturated carbocycles. The van der Waals surface area contributed by atoms with Gasteiger partial charge in [0.2, 0.25) is 11.4 Å². The molecule has 0 aromatic heterocycles. The Balaban J connectivity index is 4.40. The minimum Gasteiger partial charge on any atom is -0.303 e. The van der Waals surface area contributed by atoms with Gasteiger partial charge in [0.15, 0.2) is 0 Å². The normalized spacial score (nSPS) is 12.8. The molecule has 0 aliphatic rings. The minimum atomic E-state index is -0.396. The summed E-state index contributed by atoms with van der Waals surface area (Å²) in [5.74, 6) is 0. The van der Waals surface area contributed by atoms with Gasteiger partial charge in [0, 0.05) is 12.8 Å². The maximum Gasteiger partial charge on any atom is 0.246 e. The van der Waals surface area contributed by atoms with E-state index in [1.807, 2.05) is 19.1 Å². The zero-order valence-electron chi connectivity index (χ0n) is 16.0. The predicted molar refractivity (Wildman–Crippen MR) is 106 cm³/mol. The molecule has 0 aromatic carbocycles. The lowest BCUT2D eigenvalue weighted by atomic mass is 10.1. The summed E-state index contributed by atoms with van der Waals surface area (Å²) in [7, 11) is 0. The molecule has 0 aliphatic carbocycles. The monoisotopic (exact) mass is 378 g/mol. The van der Waals surface area contributed by atoms with Crippen LogP contribution in [0.5, 0.6) is 0 Å². The van der Waals surface area contributed by atoms with Crippen molar-refractivity contribution in [1.29, 1.82) is 0 Å². The zero-order valence-corrected chi connectivity index (χ0v) is 16.0. The molecule has 0 N–H and O–H groups in total. The molecular formula is C20H30N2O5. The summed E-state index contributed by atoms with van der Waals surface area (Å²) in [5, 5.41) is 22.1. The highest BCUT2D eigenvalue weighted by Gasteiger charge is 2.09. The van der Waals surface area contributed by atoms with E-state index >= 15 is 0 Å². The maximum absolute atomic E-state index is 11.1. The highest BCUT2D eigenvalue weighted by Crippen LogP contribution is 2.13. The Labute approximate surface area is 160 Å². The molecule has 0 aliphatic heterocycles. The average molecular weight is 378 g/mol. The largest absolute Gasteiger partial charge is 0.303 e. The van der Waals surface area contributed by atoms with Crippen molar-refractivity contribution in [2.75, 3.05) is 0 Å². The van der Waals surface area contributed by atoms with Crippen LogP contribution in [0, 0.1) is 20.2 Å². The van der Waals surface area contributed by atoms with Crippen molar-refractivity contribution in [3.8, 4) is 0 Å². The van der Waals surface area contributed by atoms with E-state index in [-0.39, 0.29) is 22.7 Å². The third-order valence-corrected chi connectivity index (χ3v) is 3.85. The summed E-state index contributed by atoms with van der Waals surface area (Å²) in [6.45, 7) is 2.00. The fourth-order valence-corrected chi connectivity index (χ4v) is 2.36. The molecule has 0 saturated heterocycles. The molecule has 0 spiro atoms. The Bertz CT molecular complexity index is 577. The number of hydrogen-bond donors (Lipinski definition) is 0. The summed E-state index contributed by atoms with van der Waals surface area (Å²) in [6.07, 6.45) is 17.5. The van der Waals surface area contributed by atoms with E-state index in [4.69, 9.17) is 0 Å². The Morgan fingerprint density at radius 2 is 1.41 bits per heavy atom. The van der Waals surface area contributed by atoms with Crippen LogP contribution in [-0.4, -0.2) is 16.1 Å². The van der Waals surface area contributed by atoms with E-state index in [0.29, 0.717) is 25.7 Å². The summed E-state index contributed by atoms with van der Waals surface area (Å²) in [4.78, 5) is 31.5. The standard InChI is InChI=1S/C20H30N2O5/c1-2-3-4-9-14-19(21(24)25)16-11-8-12-17-20(22(26)27)15-10-6-5-7-13-18-23/h3-4,8,11,14,17-18H,2,5-7,9-10,12-13,15-16H2,1H3/b4-3-,11-8-,19-14+,20-17+. The van der Waals surface area contributed by atoms with Crippen LogP contribution in [0.15, 0.2) is 47.9 Å². The second-order valence-electron chi connectivity index (χ2n) is 6.05. The highest BCUT2D eigenvalue weighted by atomic mass is 16.6. The zero-order chi connectivity index (χ0) is 20.3. The first-order valence-corrected chi connectivity index (χ1v) is 9.43. The van der Waals surface area contributed by atoms with Crippen LogP contribution in [0.1, 0.15) is 71.1 Å². The number of hydrogen-bond acceptors (Lipinski definition) is 5. The molecule has 27 heavy (non-hydrogen) atoms. The Kier molecular flexibility index (Phi) is 15.3. The van der Waals surface area contributed by atoms with E-state index < -0.39 is 4.92 Å². The number of unbranched alkanes of at least 4 members (excludes halogenated alkanes) is 4. The molecule has 0 bridgehead atoms. The molecule has 0 heterocycles. The van der Waals surface area contributed by atoms with E-state index in [0.717, 1.165) is 38.4 Å². The van der Waals surface area contributed by atoms with Crippen molar-refractivity contribution < 1.29 is 14.6 Å². The first kappa shape index (κ1) is 24.4. The van der Waals surface area contributed by atoms with Gasteiger partial charge in [-0.3, -0.25) is 20.2 Å². The molecule has 7 heteroatoms. The second kappa shape index (κ2) is 16.9. The highest BCUT2D eigenvalue weighted by molar-refractivity contribution is 5.48. The van der Waals surface area contributed by atoms with Gasteiger partial charge in [-0.25, -0.2) is 0 Å². The van der Waals surface area contributed by atoms with Gasteiger partial charge in [-0.2, -0.15) is 0 Å². The molecule has 0 amide bonds. The number of nitrogens with zero attached hydrogens (tertiary/aromatic N) is 2. The predicted octanol–water partition coefficient (Wildman–Crippen LogP) is 5.54. The van der Waals surface area contributed by atoms with Gasteiger partial charge in [0.25, 0.3) is 0 Å². The average Bonchev–Trinajstić information content (AvgIpc) is 2.63. The van der Waals surface area contributed by atoms with Crippen LogP contribution >= 0.6 is 0 Å². The third kappa shape index (κ3) is 14.3. The third-order valence-electron chi connectivity index (χ3n) is 3.85. The van der Waals surface area contributed by atoms with Gasteiger partial charge in [-0.05, 0) is 44.3 Å². The van der Waals surface area contributed by atoms with E-state index in [1.54, 1.807) is 24.3 Å². The van der Waals surface area contributed by atoms with Crippen molar-refractivity contribution in [2.24, 2.45) is 0 Å². The summed E-state index contributed by atoms with van der Waals surface area (Å²) < 4.78 is 0. The van der Waals surface area contributed by atoms with Gasteiger partial charge in [0.1, 0.15) is 6.29 Å². The van der Waals surface area contributed by atoms with E-state index in [9.17, 15) is 25.0 Å². The van der Waals surface area contributed by atoms with Crippen molar-refractivity contribution in [1.82, 2.24) is 0 Å². The smallest absolute Gasteiger partial charge is 0.246 e. The van der Waals surface area contributed by atoms with Crippen molar-refractivity contribution in [3.63, 3.8) is 0 Å². The van der Waals surface area contributed by atoms with Gasteiger partial charge in [0.05, 0.1) is 16.3 Å². The Hall–Kier alpha value is -2.57. The second-order valence-corrected chi connectivity index (χ2v) is 6.05. The first-order valence-electron chi connectivity index (χ1n) is 9.43. The number of carbonyl (C=O) groups is 1. The van der Waals surface area contributed by atoms with Gasteiger partial charge < -0.3 is 4.79 Å². The SMILES string of the molecule is CC/C=C\C/C=C(\C/C=C\C/C=C(\CCCCCCC=O)[N+](=O)[O-])[N+](=O)[O-]. The molecule has 150 valence electrons. The summed E-state index contributed by atoms with van der Waals surface area (Å²) in [6, 6.07) is 0. The molecule has 0 radical (unpaired) electrons. The van der Waals surface area contributed by atoms with Crippen molar-refractivity contribution in [3.05, 3.63) is 68.1 Å². The number of carbonyl (C=O) groups excluding carboxylic acids is 1. The summed E-state index contributed by atoms with van der Waals surface area (Å²) in [5.41, 5.74) is 0.297. The van der Waals surface area contributed by atoms with Crippen molar-refractivity contribution in [2.45, 2.75) is 71.1 Å². The lowest BCUT2D eigenvalue weighted by molar-refractivity contribution is -0.428. The Morgan fingerprint density at radius 1 is 0.815 bits per heavy atom. The van der Waals surface area contributed by atoms with Gasteiger partial charge in [-0.1, -0.05) is 44.1 Å². The number of aldehydes is 1. The number of rotatable bonds is 16. The van der Waals surface area contributed by atoms with Crippen molar-refractivity contribution >= 4 is 6.29 Å². The molecule has 0 aromatic rings. The number of nitro groups is 2. The summed E-state index contributed by atoms with van der Waals surface area (Å²) >= 11 is 0. The first-order chi connectivity index (χ1) is 13.0. The van der Waals surface area contributed by atoms with Crippen LogP contribution < -0.4 is 0 Å². The topological polar surface area (TPSA) is 103 Å². The fourth-order valence-electron chi connectivity index (χ4n) is 2.36. The molecule has 0 unspecified atom stereocenters. The minimum absolute atomic E-state index is 0.126. The number of allylic oxidation sites excluding steroid dienone is 7. The Morgan fingerprint density at radius 3 is 2.00 bits per heavy atom. The lowest BCUT2D eigenvalue weighted by Crippen LogP contribution is -1.99. The van der Waals surface area contributed by atoms with Crippen LogP contribution in [0.2, 0.25) is 0 Å². The lowest BCUT2D eigenvalue weighted by Gasteiger charge is -1.99. The van der Waals surface area contributed by atoms with E-state index in [2.05, 4.69) is 0 Å². The van der Waals surface area contributed by atoms with Crippen LogP contribution in [0.3, 0.4) is 0 Å². The van der Waals surface area contributed by atoms with Crippen LogP contribution in [0.4, 0.5) is 0 Å². The van der Waals surface area contributed by atoms with Crippen LogP contribution in [-0.2, 0) is 4.79 Å². The quantitative estimate of drug-likeness (QED) is 0.115. The van der Waals surface area contributed by atoms with Gasteiger partial charge in [-0.15, -0.1) is 0 Å². The molecular weight excluding hydrogens is 348 g/mol. The molecule has 7 nitrogen and oxygen atoms in total. The van der Waals surface area contributed by atoms with Gasteiger partial charge >= 0.3 is 0 Å². The fraction of sp³-hybridized carbons (Fsp3) is 0.550. The van der Waals surface area contributed by atoms with Crippen LogP contribution in [0.25, 0.3) is 0 Å². The van der Waals surface area contributed by atoms with E-state index in [1.165, 1.54) is 0 Å². The molecule has 0 fully saturated rings. The maximum atomic E-state index is 11.1. The molecule has 0 atom stereocenters. The molecule has 0 rings (SSSR count).